The van der Waals surface area contributed by atoms with E-state index in [1.54, 1.807) is 60.9 Å². The number of hydrogen-bond donors (Lipinski definition) is 0. The number of anilines is 1. The molecule has 0 radical (unpaired) electrons. The normalized spacial score (nSPS) is 11.1. The van der Waals surface area contributed by atoms with Gasteiger partial charge in [-0.25, -0.2) is 4.98 Å². The summed E-state index contributed by atoms with van der Waals surface area (Å²) in [5.74, 6) is 0.371. The van der Waals surface area contributed by atoms with E-state index < -0.39 is 0 Å². The number of amides is 1. The molecule has 0 bridgehead atoms. The van der Waals surface area contributed by atoms with E-state index in [1.165, 1.54) is 11.3 Å². The Morgan fingerprint density at radius 1 is 1.03 bits per heavy atom. The molecule has 3 aromatic heterocycles. The van der Waals surface area contributed by atoms with Crippen molar-refractivity contribution in [1.82, 2.24) is 19.9 Å². The van der Waals surface area contributed by atoms with Gasteiger partial charge in [-0.3, -0.25) is 24.6 Å². The molecule has 3 heterocycles. The zero-order valence-electron chi connectivity index (χ0n) is 16.9. The minimum atomic E-state index is -0.225. The Bertz CT molecular complexity index is 1440. The van der Waals surface area contributed by atoms with Crippen molar-refractivity contribution in [2.45, 2.75) is 6.54 Å². The number of pyridine rings is 1. The van der Waals surface area contributed by atoms with Gasteiger partial charge in [0.25, 0.3) is 5.91 Å². The number of ether oxygens (including phenoxy) is 1. The van der Waals surface area contributed by atoms with Crippen LogP contribution in [0.15, 0.2) is 67.1 Å². The molecule has 0 spiro atoms. The topological polar surface area (TPSA) is 81.1 Å². The van der Waals surface area contributed by atoms with Crippen LogP contribution in [0.5, 0.6) is 5.75 Å². The summed E-state index contributed by atoms with van der Waals surface area (Å²) in [5.41, 5.74) is 3.19. The molecule has 158 valence electrons. The third-order valence-electron chi connectivity index (χ3n) is 4.91. The first-order valence-corrected chi connectivity index (χ1v) is 10.9. The maximum absolute atomic E-state index is 13.7. The van der Waals surface area contributed by atoms with Gasteiger partial charge in [0.15, 0.2) is 5.13 Å². The Hall–Kier alpha value is -3.62. The number of rotatable bonds is 5. The van der Waals surface area contributed by atoms with Gasteiger partial charge in [-0.15, -0.1) is 0 Å². The summed E-state index contributed by atoms with van der Waals surface area (Å²) in [6.07, 6.45) is 4.92. The van der Waals surface area contributed by atoms with E-state index in [0.29, 0.717) is 32.5 Å². The standard InChI is InChI=1S/C23H16ClN5O2S/c1-31-19-8-6-16(24)21-20(19)28-23(32-21)29(13-15-4-2-3-9-25-15)22(30)14-5-7-17-18(12-14)27-11-10-26-17/h2-12H,13H2,1H3. The number of carbonyl (C=O) groups is 1. The molecule has 5 aromatic rings. The van der Waals surface area contributed by atoms with Crippen molar-refractivity contribution in [1.29, 1.82) is 0 Å². The number of benzene rings is 2. The molecule has 2 aromatic carbocycles. The first-order valence-electron chi connectivity index (χ1n) is 9.69. The first kappa shape index (κ1) is 20.3. The molecule has 5 rings (SSSR count). The highest BCUT2D eigenvalue weighted by molar-refractivity contribution is 7.23. The fourth-order valence-electron chi connectivity index (χ4n) is 3.35. The van der Waals surface area contributed by atoms with Crippen molar-refractivity contribution in [2.75, 3.05) is 12.0 Å². The van der Waals surface area contributed by atoms with E-state index in [9.17, 15) is 4.79 Å². The van der Waals surface area contributed by atoms with Crippen LogP contribution in [0.3, 0.4) is 0 Å². The molecular weight excluding hydrogens is 446 g/mol. The average Bonchev–Trinajstić information content (AvgIpc) is 3.29. The van der Waals surface area contributed by atoms with Crippen LogP contribution in [0.1, 0.15) is 16.1 Å². The number of fused-ring (bicyclic) bond motifs is 2. The van der Waals surface area contributed by atoms with Crippen molar-refractivity contribution < 1.29 is 9.53 Å². The van der Waals surface area contributed by atoms with Crippen LogP contribution in [0.4, 0.5) is 5.13 Å². The van der Waals surface area contributed by atoms with Gasteiger partial charge < -0.3 is 4.74 Å². The lowest BCUT2D eigenvalue weighted by atomic mass is 10.1. The molecule has 0 aliphatic rings. The molecule has 0 atom stereocenters. The van der Waals surface area contributed by atoms with Gasteiger partial charge >= 0.3 is 0 Å². The number of methoxy groups -OCH3 is 1. The second-order valence-electron chi connectivity index (χ2n) is 6.90. The maximum atomic E-state index is 13.7. The summed E-state index contributed by atoms with van der Waals surface area (Å²) in [7, 11) is 1.58. The highest BCUT2D eigenvalue weighted by Crippen LogP contribution is 2.39. The summed E-state index contributed by atoms with van der Waals surface area (Å²) in [6.45, 7) is 0.248. The molecule has 0 aliphatic heterocycles. The number of halogens is 1. The lowest BCUT2D eigenvalue weighted by molar-refractivity contribution is 0.0985. The van der Waals surface area contributed by atoms with Crippen LogP contribution in [0.2, 0.25) is 5.02 Å². The van der Waals surface area contributed by atoms with Crippen LogP contribution in [0, 0.1) is 0 Å². The minimum absolute atomic E-state index is 0.225. The second-order valence-corrected chi connectivity index (χ2v) is 8.28. The van der Waals surface area contributed by atoms with Crippen molar-refractivity contribution in [3.05, 3.63) is 83.4 Å². The van der Waals surface area contributed by atoms with Gasteiger partial charge in [0, 0.05) is 24.2 Å². The Morgan fingerprint density at radius 2 is 1.88 bits per heavy atom. The zero-order chi connectivity index (χ0) is 22.1. The fraction of sp³-hybridized carbons (Fsp3) is 0.0870. The van der Waals surface area contributed by atoms with Crippen LogP contribution >= 0.6 is 22.9 Å². The number of thiazole rings is 1. The molecular formula is C23H16ClN5O2S. The van der Waals surface area contributed by atoms with Gasteiger partial charge in [0.1, 0.15) is 11.3 Å². The highest BCUT2D eigenvalue weighted by atomic mass is 35.5. The second kappa shape index (κ2) is 8.49. The molecule has 0 aliphatic carbocycles. The van der Waals surface area contributed by atoms with E-state index in [-0.39, 0.29) is 12.5 Å². The molecule has 9 heteroatoms. The molecule has 1 amide bonds. The largest absolute Gasteiger partial charge is 0.494 e. The van der Waals surface area contributed by atoms with Crippen LogP contribution in [-0.2, 0) is 6.54 Å². The summed E-state index contributed by atoms with van der Waals surface area (Å²) < 4.78 is 6.20. The lowest BCUT2D eigenvalue weighted by Crippen LogP contribution is -2.30. The minimum Gasteiger partial charge on any atom is -0.494 e. The Balaban J connectivity index is 1.62. The first-order chi connectivity index (χ1) is 15.6. The molecule has 32 heavy (non-hydrogen) atoms. The van der Waals surface area contributed by atoms with Crippen molar-refractivity contribution in [3.8, 4) is 5.75 Å². The third kappa shape index (κ3) is 3.74. The van der Waals surface area contributed by atoms with Crippen molar-refractivity contribution in [2.24, 2.45) is 0 Å². The van der Waals surface area contributed by atoms with Crippen LogP contribution in [-0.4, -0.2) is 33.0 Å². The monoisotopic (exact) mass is 461 g/mol. The predicted octanol–water partition coefficient (Wildman–Crippen LogP) is 5.14. The van der Waals surface area contributed by atoms with E-state index in [4.69, 9.17) is 21.3 Å². The van der Waals surface area contributed by atoms with E-state index in [1.807, 2.05) is 18.2 Å². The van der Waals surface area contributed by atoms with Gasteiger partial charge in [0.05, 0.1) is 40.1 Å². The molecule has 7 nitrogen and oxygen atoms in total. The van der Waals surface area contributed by atoms with E-state index in [0.717, 1.165) is 15.9 Å². The number of aromatic nitrogens is 4. The number of nitrogens with zero attached hydrogens (tertiary/aromatic N) is 5. The third-order valence-corrected chi connectivity index (χ3v) is 6.44. The Labute approximate surface area is 192 Å². The predicted molar refractivity (Wildman–Crippen MR) is 125 cm³/mol. The van der Waals surface area contributed by atoms with Crippen molar-refractivity contribution in [3.63, 3.8) is 0 Å². The fourth-order valence-corrected chi connectivity index (χ4v) is 4.61. The molecule has 0 unspecified atom stereocenters. The van der Waals surface area contributed by atoms with Gasteiger partial charge in [-0.1, -0.05) is 29.0 Å². The summed E-state index contributed by atoms with van der Waals surface area (Å²) in [4.78, 5) is 32.9. The quantitative estimate of drug-likeness (QED) is 0.360. The van der Waals surface area contributed by atoms with Gasteiger partial charge in [0.2, 0.25) is 0 Å². The molecule has 0 saturated carbocycles. The number of carbonyl (C=O) groups excluding carboxylic acids is 1. The number of hydrogen-bond acceptors (Lipinski definition) is 7. The van der Waals surface area contributed by atoms with Crippen LogP contribution in [0.25, 0.3) is 21.3 Å². The summed E-state index contributed by atoms with van der Waals surface area (Å²) in [6, 6.07) is 14.4. The van der Waals surface area contributed by atoms with Gasteiger partial charge in [-0.05, 0) is 42.5 Å². The Morgan fingerprint density at radius 3 is 2.66 bits per heavy atom. The zero-order valence-corrected chi connectivity index (χ0v) is 18.5. The van der Waals surface area contributed by atoms with Gasteiger partial charge in [-0.2, -0.15) is 0 Å². The van der Waals surface area contributed by atoms with Crippen molar-refractivity contribution >= 4 is 55.2 Å². The lowest BCUT2D eigenvalue weighted by Gasteiger charge is -2.19. The summed E-state index contributed by atoms with van der Waals surface area (Å²) in [5, 5.41) is 1.05. The molecule has 0 N–H and O–H groups in total. The maximum Gasteiger partial charge on any atom is 0.260 e. The SMILES string of the molecule is COc1ccc(Cl)c2sc(N(Cc3ccccn3)C(=O)c3ccc4nccnc4c3)nc12. The average molecular weight is 462 g/mol. The summed E-state index contributed by atoms with van der Waals surface area (Å²) >= 11 is 7.74. The van der Waals surface area contributed by atoms with Crippen LogP contribution < -0.4 is 9.64 Å². The van der Waals surface area contributed by atoms with E-state index >= 15 is 0 Å². The van der Waals surface area contributed by atoms with E-state index in [2.05, 4.69) is 15.0 Å². The molecule has 0 fully saturated rings. The highest BCUT2D eigenvalue weighted by Gasteiger charge is 2.24. The smallest absolute Gasteiger partial charge is 0.260 e. The Kier molecular flexibility index (Phi) is 5.38. The molecule has 0 saturated heterocycles.